The van der Waals surface area contributed by atoms with Gasteiger partial charge in [-0.25, -0.2) is 18.4 Å². The molecule has 1 saturated heterocycles. The standard InChI is InChI=1S/C20H23ClN4O2S2/c1-2-25-18-8-7-16(29(26,27)24-10-4-3-5-11-24)12-17(18)23-20(25)28-14-15-6-9-19(21)22-13-15/h6-9,12-13H,2-5,10-11,14H2,1H3. The molecule has 29 heavy (non-hydrogen) atoms. The minimum Gasteiger partial charge on any atom is -0.319 e. The fourth-order valence-electron chi connectivity index (χ4n) is 3.56. The first-order valence-electron chi connectivity index (χ1n) is 9.72. The van der Waals surface area contributed by atoms with E-state index in [9.17, 15) is 8.42 Å². The van der Waals surface area contributed by atoms with Gasteiger partial charge in [0.25, 0.3) is 0 Å². The maximum absolute atomic E-state index is 13.0. The number of fused-ring (bicyclic) bond motifs is 1. The molecule has 6 nitrogen and oxygen atoms in total. The van der Waals surface area contributed by atoms with Gasteiger partial charge in [0.05, 0.1) is 15.9 Å². The van der Waals surface area contributed by atoms with Gasteiger partial charge in [-0.2, -0.15) is 4.31 Å². The molecule has 0 spiro atoms. The third kappa shape index (κ3) is 4.30. The third-order valence-electron chi connectivity index (χ3n) is 5.11. The maximum atomic E-state index is 13.0. The topological polar surface area (TPSA) is 68.1 Å². The molecule has 154 valence electrons. The molecular weight excluding hydrogens is 428 g/mol. The van der Waals surface area contributed by atoms with Crippen molar-refractivity contribution in [1.29, 1.82) is 0 Å². The van der Waals surface area contributed by atoms with E-state index in [1.165, 1.54) is 0 Å². The zero-order valence-corrected chi connectivity index (χ0v) is 18.6. The fraction of sp³-hybridized carbons (Fsp3) is 0.400. The Balaban J connectivity index is 1.62. The molecule has 0 unspecified atom stereocenters. The number of hydrogen-bond donors (Lipinski definition) is 0. The lowest BCUT2D eigenvalue weighted by molar-refractivity contribution is 0.346. The number of thioether (sulfide) groups is 1. The van der Waals surface area contributed by atoms with E-state index in [2.05, 4.69) is 16.5 Å². The summed E-state index contributed by atoms with van der Waals surface area (Å²) in [5, 5.41) is 1.34. The first-order chi connectivity index (χ1) is 14.0. The van der Waals surface area contributed by atoms with Crippen LogP contribution in [0.1, 0.15) is 31.7 Å². The van der Waals surface area contributed by atoms with Crippen LogP contribution in [0.5, 0.6) is 0 Å². The lowest BCUT2D eigenvalue weighted by atomic mass is 10.2. The first kappa shape index (κ1) is 20.7. The molecule has 1 aliphatic rings. The SMILES string of the molecule is CCn1c(SCc2ccc(Cl)nc2)nc2cc(S(=O)(=O)N3CCCCC3)ccc21. The summed E-state index contributed by atoms with van der Waals surface area (Å²) in [4.78, 5) is 9.17. The van der Waals surface area contributed by atoms with Crippen molar-refractivity contribution >= 4 is 44.4 Å². The van der Waals surface area contributed by atoms with E-state index in [1.54, 1.807) is 40.5 Å². The van der Waals surface area contributed by atoms with Crippen LogP contribution in [0.15, 0.2) is 46.6 Å². The Kier molecular flexibility index (Phi) is 6.15. The number of aryl methyl sites for hydroxylation is 1. The van der Waals surface area contributed by atoms with Crippen LogP contribution in [0.2, 0.25) is 5.15 Å². The summed E-state index contributed by atoms with van der Waals surface area (Å²) in [5.41, 5.74) is 2.71. The second kappa shape index (κ2) is 8.63. The molecule has 0 aliphatic carbocycles. The molecule has 0 atom stereocenters. The Labute approximate surface area is 180 Å². The monoisotopic (exact) mass is 450 g/mol. The van der Waals surface area contributed by atoms with Crippen molar-refractivity contribution in [1.82, 2.24) is 18.8 Å². The molecule has 3 heterocycles. The van der Waals surface area contributed by atoms with Crippen LogP contribution >= 0.6 is 23.4 Å². The smallest absolute Gasteiger partial charge is 0.243 e. The summed E-state index contributed by atoms with van der Waals surface area (Å²) in [6.07, 6.45) is 4.70. The number of benzene rings is 1. The second-order valence-electron chi connectivity index (χ2n) is 7.03. The van der Waals surface area contributed by atoms with Gasteiger partial charge in [0.2, 0.25) is 10.0 Å². The molecule has 1 fully saturated rings. The van der Waals surface area contributed by atoms with Crippen molar-refractivity contribution in [3.05, 3.63) is 47.2 Å². The Bertz CT molecular complexity index is 1110. The lowest BCUT2D eigenvalue weighted by Crippen LogP contribution is -2.35. The third-order valence-corrected chi connectivity index (χ3v) is 8.28. The minimum absolute atomic E-state index is 0.325. The van der Waals surface area contributed by atoms with Gasteiger partial charge in [-0.3, -0.25) is 0 Å². The number of piperidine rings is 1. The molecule has 0 N–H and O–H groups in total. The lowest BCUT2D eigenvalue weighted by Gasteiger charge is -2.25. The molecule has 4 rings (SSSR count). The van der Waals surface area contributed by atoms with Crippen LogP contribution in [-0.4, -0.2) is 40.3 Å². The van der Waals surface area contributed by atoms with Crippen molar-refractivity contribution in [2.24, 2.45) is 0 Å². The van der Waals surface area contributed by atoms with E-state index in [1.807, 2.05) is 12.1 Å². The van der Waals surface area contributed by atoms with Crippen LogP contribution in [0, 0.1) is 0 Å². The van der Waals surface area contributed by atoms with Crippen LogP contribution < -0.4 is 0 Å². The summed E-state index contributed by atoms with van der Waals surface area (Å²) in [6, 6.07) is 9.01. The van der Waals surface area contributed by atoms with Crippen molar-refractivity contribution in [2.75, 3.05) is 13.1 Å². The predicted octanol–water partition coefficient (Wildman–Crippen LogP) is 4.57. The molecule has 0 amide bonds. The number of halogens is 1. The Hall–Kier alpha value is -1.61. The summed E-state index contributed by atoms with van der Waals surface area (Å²) in [6.45, 7) is 4.02. The molecule has 2 aromatic heterocycles. The van der Waals surface area contributed by atoms with Crippen molar-refractivity contribution in [3.63, 3.8) is 0 Å². The van der Waals surface area contributed by atoms with E-state index in [0.29, 0.717) is 34.4 Å². The highest BCUT2D eigenvalue weighted by Gasteiger charge is 2.26. The Morgan fingerprint density at radius 1 is 1.14 bits per heavy atom. The maximum Gasteiger partial charge on any atom is 0.243 e. The molecule has 9 heteroatoms. The van der Waals surface area contributed by atoms with Gasteiger partial charge in [0.1, 0.15) is 5.15 Å². The van der Waals surface area contributed by atoms with Gasteiger partial charge in [0.15, 0.2) is 5.16 Å². The van der Waals surface area contributed by atoms with Crippen LogP contribution in [0.25, 0.3) is 11.0 Å². The first-order valence-corrected chi connectivity index (χ1v) is 12.5. The molecule has 1 aromatic carbocycles. The number of imidazole rings is 1. The molecule has 0 bridgehead atoms. The second-order valence-corrected chi connectivity index (χ2v) is 10.3. The highest BCUT2D eigenvalue weighted by Crippen LogP contribution is 2.29. The van der Waals surface area contributed by atoms with Gasteiger partial charge < -0.3 is 4.57 Å². The van der Waals surface area contributed by atoms with Crippen LogP contribution in [0.4, 0.5) is 0 Å². The predicted molar refractivity (Wildman–Crippen MR) is 117 cm³/mol. The average molecular weight is 451 g/mol. The largest absolute Gasteiger partial charge is 0.319 e. The normalized spacial score (nSPS) is 15.8. The average Bonchev–Trinajstić information content (AvgIpc) is 3.10. The fourth-order valence-corrected chi connectivity index (χ4v) is 6.22. The molecular formula is C20H23ClN4O2S2. The summed E-state index contributed by atoms with van der Waals surface area (Å²) < 4.78 is 29.7. The molecule has 3 aromatic rings. The minimum atomic E-state index is -3.47. The number of aromatic nitrogens is 3. The summed E-state index contributed by atoms with van der Waals surface area (Å²) >= 11 is 7.46. The highest BCUT2D eigenvalue weighted by molar-refractivity contribution is 7.98. The van der Waals surface area contributed by atoms with Crippen molar-refractivity contribution < 1.29 is 8.42 Å². The van der Waals surface area contributed by atoms with Crippen LogP contribution in [0.3, 0.4) is 0 Å². The Morgan fingerprint density at radius 2 is 1.93 bits per heavy atom. The van der Waals surface area contributed by atoms with E-state index in [4.69, 9.17) is 16.6 Å². The van der Waals surface area contributed by atoms with E-state index >= 15 is 0 Å². The van der Waals surface area contributed by atoms with Crippen molar-refractivity contribution in [2.45, 2.75) is 48.5 Å². The molecule has 0 radical (unpaired) electrons. The number of sulfonamides is 1. The number of nitrogens with zero attached hydrogens (tertiary/aromatic N) is 4. The van der Waals surface area contributed by atoms with Crippen molar-refractivity contribution in [3.8, 4) is 0 Å². The quantitative estimate of drug-likeness (QED) is 0.406. The van der Waals surface area contributed by atoms with E-state index < -0.39 is 10.0 Å². The number of pyridine rings is 1. The van der Waals surface area contributed by atoms with Crippen LogP contribution in [-0.2, 0) is 22.3 Å². The molecule has 1 aliphatic heterocycles. The number of rotatable bonds is 6. The highest BCUT2D eigenvalue weighted by atomic mass is 35.5. The van der Waals surface area contributed by atoms with Gasteiger partial charge >= 0.3 is 0 Å². The number of hydrogen-bond acceptors (Lipinski definition) is 5. The summed E-state index contributed by atoms with van der Waals surface area (Å²) in [5.74, 6) is 0.715. The van der Waals surface area contributed by atoms with Gasteiger partial charge in [0, 0.05) is 31.6 Å². The molecule has 0 saturated carbocycles. The van der Waals surface area contributed by atoms with Gasteiger partial charge in [-0.15, -0.1) is 0 Å². The zero-order chi connectivity index (χ0) is 20.4. The zero-order valence-electron chi connectivity index (χ0n) is 16.2. The van der Waals surface area contributed by atoms with Gasteiger partial charge in [-0.05, 0) is 49.6 Å². The van der Waals surface area contributed by atoms with Gasteiger partial charge in [-0.1, -0.05) is 35.9 Å². The summed E-state index contributed by atoms with van der Waals surface area (Å²) in [7, 11) is -3.47. The van der Waals surface area contributed by atoms with E-state index in [0.717, 1.165) is 42.0 Å². The Morgan fingerprint density at radius 3 is 2.62 bits per heavy atom. The van der Waals surface area contributed by atoms with E-state index in [-0.39, 0.29) is 0 Å².